The van der Waals surface area contributed by atoms with Gasteiger partial charge in [0.05, 0.1) is 12.7 Å². The Labute approximate surface area is 117 Å². The fraction of sp³-hybridized carbons (Fsp3) is 0.647. The van der Waals surface area contributed by atoms with Crippen molar-refractivity contribution in [1.29, 1.82) is 0 Å². The fourth-order valence-corrected chi connectivity index (χ4v) is 2.91. The Kier molecular flexibility index (Phi) is 5.87. The maximum absolute atomic E-state index is 6.23. The van der Waals surface area contributed by atoms with Crippen molar-refractivity contribution in [3.63, 3.8) is 0 Å². The van der Waals surface area contributed by atoms with Gasteiger partial charge in [0.2, 0.25) is 0 Å². The first kappa shape index (κ1) is 14.5. The lowest BCUT2D eigenvalue weighted by molar-refractivity contribution is 0.0294. The van der Waals surface area contributed by atoms with Gasteiger partial charge in [0, 0.05) is 6.54 Å². The van der Waals surface area contributed by atoms with Gasteiger partial charge in [-0.1, -0.05) is 44.0 Å². The molecule has 0 saturated heterocycles. The summed E-state index contributed by atoms with van der Waals surface area (Å²) in [6.07, 6.45) is 5.66. The summed E-state index contributed by atoms with van der Waals surface area (Å²) in [6.45, 7) is 7.15. The minimum atomic E-state index is 0.196. The van der Waals surface area contributed by atoms with Crippen LogP contribution in [-0.2, 0) is 4.74 Å². The monoisotopic (exact) mass is 261 g/mol. The number of aryl methyl sites for hydroxylation is 1. The summed E-state index contributed by atoms with van der Waals surface area (Å²) < 4.78 is 6.23. The second-order valence-corrected chi connectivity index (χ2v) is 5.64. The molecule has 0 radical (unpaired) electrons. The van der Waals surface area contributed by atoms with E-state index in [0.29, 0.717) is 0 Å². The van der Waals surface area contributed by atoms with Crippen LogP contribution in [0.3, 0.4) is 0 Å². The van der Waals surface area contributed by atoms with Crippen LogP contribution in [0.15, 0.2) is 24.3 Å². The Bertz CT molecular complexity index is 371. The SMILES string of the molecule is CCNCC(OCC1CCCC1)c1ccccc1C. The Balaban J connectivity index is 1.96. The Morgan fingerprint density at radius 3 is 2.68 bits per heavy atom. The third-order valence-corrected chi connectivity index (χ3v) is 4.12. The quantitative estimate of drug-likeness (QED) is 0.805. The molecule has 1 aliphatic rings. The summed E-state index contributed by atoms with van der Waals surface area (Å²) in [4.78, 5) is 0. The highest BCUT2D eigenvalue weighted by molar-refractivity contribution is 5.28. The molecule has 0 bridgehead atoms. The van der Waals surface area contributed by atoms with Gasteiger partial charge in [0.25, 0.3) is 0 Å². The molecule has 0 aromatic heterocycles. The zero-order valence-corrected chi connectivity index (χ0v) is 12.3. The highest BCUT2D eigenvalue weighted by atomic mass is 16.5. The molecular weight excluding hydrogens is 234 g/mol. The van der Waals surface area contributed by atoms with E-state index in [1.807, 2.05) is 0 Å². The van der Waals surface area contributed by atoms with E-state index in [2.05, 4.69) is 43.4 Å². The third-order valence-electron chi connectivity index (χ3n) is 4.12. The van der Waals surface area contributed by atoms with E-state index in [0.717, 1.165) is 25.6 Å². The zero-order valence-electron chi connectivity index (χ0n) is 12.3. The van der Waals surface area contributed by atoms with Gasteiger partial charge in [-0.25, -0.2) is 0 Å². The number of nitrogens with one attached hydrogen (secondary N) is 1. The average Bonchev–Trinajstić information content (AvgIpc) is 2.93. The van der Waals surface area contributed by atoms with E-state index in [-0.39, 0.29) is 6.10 Å². The van der Waals surface area contributed by atoms with Gasteiger partial charge in [0.1, 0.15) is 0 Å². The van der Waals surface area contributed by atoms with Crippen LogP contribution in [0.2, 0.25) is 0 Å². The highest BCUT2D eigenvalue weighted by Gasteiger charge is 2.19. The van der Waals surface area contributed by atoms with Crippen LogP contribution in [0.5, 0.6) is 0 Å². The van der Waals surface area contributed by atoms with E-state index in [9.17, 15) is 0 Å². The highest BCUT2D eigenvalue weighted by Crippen LogP contribution is 2.28. The lowest BCUT2D eigenvalue weighted by Gasteiger charge is -2.22. The number of likely N-dealkylation sites (N-methyl/N-ethyl adjacent to an activating group) is 1. The fourth-order valence-electron chi connectivity index (χ4n) is 2.91. The molecular formula is C17H27NO. The summed E-state index contributed by atoms with van der Waals surface area (Å²) in [5.41, 5.74) is 2.67. The molecule has 2 nitrogen and oxygen atoms in total. The Hall–Kier alpha value is -0.860. The van der Waals surface area contributed by atoms with Gasteiger partial charge >= 0.3 is 0 Å². The molecule has 1 fully saturated rings. The first-order valence-electron chi connectivity index (χ1n) is 7.69. The van der Waals surface area contributed by atoms with E-state index in [4.69, 9.17) is 4.74 Å². The van der Waals surface area contributed by atoms with Crippen molar-refractivity contribution < 1.29 is 4.74 Å². The van der Waals surface area contributed by atoms with Gasteiger partial charge in [-0.3, -0.25) is 0 Å². The topological polar surface area (TPSA) is 21.3 Å². The van der Waals surface area contributed by atoms with Crippen LogP contribution >= 0.6 is 0 Å². The van der Waals surface area contributed by atoms with Crippen molar-refractivity contribution in [3.05, 3.63) is 35.4 Å². The predicted molar refractivity (Wildman–Crippen MR) is 80.4 cm³/mol. The van der Waals surface area contributed by atoms with Crippen LogP contribution in [0.4, 0.5) is 0 Å². The minimum Gasteiger partial charge on any atom is -0.372 e. The van der Waals surface area contributed by atoms with Gasteiger partial charge < -0.3 is 10.1 Å². The molecule has 1 aromatic rings. The smallest absolute Gasteiger partial charge is 0.0951 e. The molecule has 2 heteroatoms. The molecule has 0 amide bonds. The average molecular weight is 261 g/mol. The second kappa shape index (κ2) is 7.66. The normalized spacial score (nSPS) is 17.8. The molecule has 106 valence electrons. The lowest BCUT2D eigenvalue weighted by Crippen LogP contribution is -2.25. The molecule has 0 spiro atoms. The van der Waals surface area contributed by atoms with Crippen molar-refractivity contribution in [3.8, 4) is 0 Å². The van der Waals surface area contributed by atoms with Crippen molar-refractivity contribution >= 4 is 0 Å². The Morgan fingerprint density at radius 1 is 1.26 bits per heavy atom. The lowest BCUT2D eigenvalue weighted by atomic mass is 10.0. The maximum atomic E-state index is 6.23. The largest absolute Gasteiger partial charge is 0.372 e. The molecule has 1 atom stereocenters. The van der Waals surface area contributed by atoms with Crippen LogP contribution in [-0.4, -0.2) is 19.7 Å². The van der Waals surface area contributed by atoms with Gasteiger partial charge in [0.15, 0.2) is 0 Å². The maximum Gasteiger partial charge on any atom is 0.0951 e. The first-order valence-corrected chi connectivity index (χ1v) is 7.69. The molecule has 1 N–H and O–H groups in total. The molecule has 1 aromatic carbocycles. The molecule has 1 saturated carbocycles. The predicted octanol–water partition coefficient (Wildman–Crippen LogP) is 3.85. The molecule has 2 rings (SSSR count). The molecule has 19 heavy (non-hydrogen) atoms. The van der Waals surface area contributed by atoms with Gasteiger partial charge in [-0.05, 0) is 43.4 Å². The number of ether oxygens (including phenoxy) is 1. The van der Waals surface area contributed by atoms with Crippen LogP contribution in [0.1, 0.15) is 49.8 Å². The van der Waals surface area contributed by atoms with E-state index in [1.54, 1.807) is 0 Å². The zero-order chi connectivity index (χ0) is 13.5. The van der Waals surface area contributed by atoms with Crippen molar-refractivity contribution in [1.82, 2.24) is 5.32 Å². The standard InChI is InChI=1S/C17H27NO/c1-3-18-12-17(16-11-7-4-8-14(16)2)19-13-15-9-5-6-10-15/h4,7-8,11,15,17-18H,3,5-6,9-10,12-13H2,1-2H3. The van der Waals surface area contributed by atoms with E-state index >= 15 is 0 Å². The second-order valence-electron chi connectivity index (χ2n) is 5.64. The molecule has 0 aliphatic heterocycles. The first-order chi connectivity index (χ1) is 9.31. The number of hydrogen-bond donors (Lipinski definition) is 1. The van der Waals surface area contributed by atoms with Crippen LogP contribution in [0, 0.1) is 12.8 Å². The third kappa shape index (κ3) is 4.32. The summed E-state index contributed by atoms with van der Waals surface area (Å²) >= 11 is 0. The summed E-state index contributed by atoms with van der Waals surface area (Å²) in [6, 6.07) is 8.58. The summed E-state index contributed by atoms with van der Waals surface area (Å²) in [7, 11) is 0. The molecule has 1 aliphatic carbocycles. The van der Waals surface area contributed by atoms with Crippen LogP contribution in [0.25, 0.3) is 0 Å². The van der Waals surface area contributed by atoms with Gasteiger partial charge in [-0.2, -0.15) is 0 Å². The number of benzene rings is 1. The van der Waals surface area contributed by atoms with Crippen molar-refractivity contribution in [2.24, 2.45) is 5.92 Å². The minimum absolute atomic E-state index is 0.196. The van der Waals surface area contributed by atoms with Gasteiger partial charge in [-0.15, -0.1) is 0 Å². The van der Waals surface area contributed by atoms with Crippen LogP contribution < -0.4 is 5.32 Å². The van der Waals surface area contributed by atoms with Crippen molar-refractivity contribution in [2.45, 2.75) is 45.6 Å². The Morgan fingerprint density at radius 2 is 2.00 bits per heavy atom. The number of rotatable bonds is 7. The molecule has 1 unspecified atom stereocenters. The number of hydrogen-bond acceptors (Lipinski definition) is 2. The van der Waals surface area contributed by atoms with E-state index < -0.39 is 0 Å². The molecule has 0 heterocycles. The van der Waals surface area contributed by atoms with Crippen molar-refractivity contribution in [2.75, 3.05) is 19.7 Å². The summed E-state index contributed by atoms with van der Waals surface area (Å²) in [5, 5.41) is 3.42. The van der Waals surface area contributed by atoms with E-state index in [1.165, 1.54) is 36.8 Å². The summed E-state index contributed by atoms with van der Waals surface area (Å²) in [5.74, 6) is 0.785.